The van der Waals surface area contributed by atoms with Crippen LogP contribution in [-0.2, 0) is 6.54 Å². The molecule has 3 rings (SSSR count). The highest BCUT2D eigenvalue weighted by Crippen LogP contribution is 2.34. The Morgan fingerprint density at radius 2 is 1.94 bits per heavy atom. The molecule has 0 bridgehead atoms. The molecule has 31 heavy (non-hydrogen) atoms. The first-order valence-corrected chi connectivity index (χ1v) is 11.1. The van der Waals surface area contributed by atoms with E-state index in [1.165, 1.54) is 0 Å². The Balaban J connectivity index is 2.09. The lowest BCUT2D eigenvalue weighted by atomic mass is 9.86. The van der Waals surface area contributed by atoms with Crippen molar-refractivity contribution in [3.63, 3.8) is 0 Å². The molecule has 0 radical (unpaired) electrons. The molecular formula is C23H28BrF2N5. The number of aromatic nitrogens is 3. The SMILES string of the molecule is CC(C)(C)[C@@H](NCCCN)c1nc(-c2cc(F)ccc2F)nn1Cc1cccc(Br)c1. The summed E-state index contributed by atoms with van der Waals surface area (Å²) in [5.74, 6) is -0.259. The topological polar surface area (TPSA) is 68.8 Å². The number of nitrogens with zero attached hydrogens (tertiary/aromatic N) is 3. The van der Waals surface area contributed by atoms with Crippen molar-refractivity contribution < 1.29 is 8.78 Å². The molecule has 0 aliphatic carbocycles. The van der Waals surface area contributed by atoms with Gasteiger partial charge in [-0.15, -0.1) is 0 Å². The van der Waals surface area contributed by atoms with E-state index in [0.717, 1.165) is 34.7 Å². The van der Waals surface area contributed by atoms with Gasteiger partial charge in [-0.05, 0) is 60.8 Å². The number of hydrogen-bond donors (Lipinski definition) is 2. The van der Waals surface area contributed by atoms with Gasteiger partial charge < -0.3 is 11.1 Å². The van der Waals surface area contributed by atoms with Crippen molar-refractivity contribution in [2.24, 2.45) is 11.1 Å². The summed E-state index contributed by atoms with van der Waals surface area (Å²) in [5.41, 5.74) is 6.53. The number of nitrogens with one attached hydrogen (secondary N) is 1. The van der Waals surface area contributed by atoms with Crippen LogP contribution in [-0.4, -0.2) is 27.9 Å². The Morgan fingerprint density at radius 1 is 1.16 bits per heavy atom. The largest absolute Gasteiger partial charge is 0.330 e. The van der Waals surface area contributed by atoms with Crippen LogP contribution in [0.1, 0.15) is 44.6 Å². The molecular weight excluding hydrogens is 464 g/mol. The Morgan fingerprint density at radius 3 is 2.61 bits per heavy atom. The Kier molecular flexibility index (Phi) is 7.56. The van der Waals surface area contributed by atoms with Crippen molar-refractivity contribution in [2.75, 3.05) is 13.1 Å². The number of nitrogens with two attached hydrogens (primary N) is 1. The monoisotopic (exact) mass is 491 g/mol. The van der Waals surface area contributed by atoms with E-state index in [9.17, 15) is 8.78 Å². The Bertz CT molecular complexity index is 1030. The zero-order chi connectivity index (χ0) is 22.6. The summed E-state index contributed by atoms with van der Waals surface area (Å²) in [5, 5.41) is 8.11. The van der Waals surface area contributed by atoms with Gasteiger partial charge in [-0.25, -0.2) is 18.4 Å². The van der Waals surface area contributed by atoms with E-state index in [1.54, 1.807) is 4.68 Å². The van der Waals surface area contributed by atoms with Gasteiger partial charge in [0.15, 0.2) is 5.82 Å². The van der Waals surface area contributed by atoms with E-state index in [1.807, 2.05) is 24.3 Å². The van der Waals surface area contributed by atoms with E-state index in [0.29, 0.717) is 25.5 Å². The molecule has 0 fully saturated rings. The van der Waals surface area contributed by atoms with Crippen molar-refractivity contribution in [2.45, 2.75) is 39.8 Å². The highest BCUT2D eigenvalue weighted by atomic mass is 79.9. The maximum absolute atomic E-state index is 14.5. The van der Waals surface area contributed by atoms with Gasteiger partial charge in [-0.3, -0.25) is 0 Å². The summed E-state index contributed by atoms with van der Waals surface area (Å²) in [4.78, 5) is 4.69. The minimum absolute atomic E-state index is 0.0452. The minimum Gasteiger partial charge on any atom is -0.330 e. The summed E-state index contributed by atoms with van der Waals surface area (Å²) < 4.78 is 31.0. The Labute approximate surface area is 190 Å². The fourth-order valence-corrected chi connectivity index (χ4v) is 3.86. The van der Waals surface area contributed by atoms with E-state index in [-0.39, 0.29) is 22.8 Å². The smallest absolute Gasteiger partial charge is 0.184 e. The van der Waals surface area contributed by atoms with Crippen LogP contribution < -0.4 is 11.1 Å². The van der Waals surface area contributed by atoms with Crippen LogP contribution in [0.25, 0.3) is 11.4 Å². The number of hydrogen-bond acceptors (Lipinski definition) is 4. The van der Waals surface area contributed by atoms with Crippen LogP contribution in [0.2, 0.25) is 0 Å². The second-order valence-corrected chi connectivity index (χ2v) is 9.52. The first kappa shape index (κ1) is 23.5. The number of rotatable bonds is 8. The zero-order valence-electron chi connectivity index (χ0n) is 18.0. The Hall–Kier alpha value is -2.16. The van der Waals surface area contributed by atoms with Gasteiger partial charge in [-0.2, -0.15) is 5.10 Å². The van der Waals surface area contributed by atoms with Crippen LogP contribution in [0.3, 0.4) is 0 Å². The predicted octanol–water partition coefficient (Wildman–Crippen LogP) is 5.06. The second kappa shape index (κ2) is 9.97. The molecule has 0 aliphatic heterocycles. The van der Waals surface area contributed by atoms with E-state index >= 15 is 0 Å². The third-order valence-electron chi connectivity index (χ3n) is 4.94. The molecule has 2 aromatic carbocycles. The van der Waals surface area contributed by atoms with Gasteiger partial charge in [-0.1, -0.05) is 48.8 Å². The second-order valence-electron chi connectivity index (χ2n) is 8.60. The molecule has 0 saturated carbocycles. The molecule has 0 unspecified atom stereocenters. The van der Waals surface area contributed by atoms with E-state index in [4.69, 9.17) is 5.73 Å². The molecule has 0 aliphatic rings. The molecule has 0 spiro atoms. The fourth-order valence-electron chi connectivity index (χ4n) is 3.41. The van der Waals surface area contributed by atoms with Crippen molar-refractivity contribution in [3.05, 3.63) is 70.0 Å². The molecule has 0 amide bonds. The molecule has 1 atom stereocenters. The maximum Gasteiger partial charge on any atom is 0.184 e. The van der Waals surface area contributed by atoms with Gasteiger partial charge in [0.05, 0.1) is 18.2 Å². The minimum atomic E-state index is -0.559. The van der Waals surface area contributed by atoms with Crippen molar-refractivity contribution in [1.82, 2.24) is 20.1 Å². The first-order valence-electron chi connectivity index (χ1n) is 10.3. The molecule has 8 heteroatoms. The van der Waals surface area contributed by atoms with Crippen molar-refractivity contribution >= 4 is 15.9 Å². The molecule has 1 heterocycles. The van der Waals surface area contributed by atoms with Gasteiger partial charge in [0.2, 0.25) is 0 Å². The van der Waals surface area contributed by atoms with Crippen molar-refractivity contribution in [3.8, 4) is 11.4 Å². The van der Waals surface area contributed by atoms with E-state index < -0.39 is 11.6 Å². The quantitative estimate of drug-likeness (QED) is 0.432. The maximum atomic E-state index is 14.5. The zero-order valence-corrected chi connectivity index (χ0v) is 19.6. The van der Waals surface area contributed by atoms with Crippen molar-refractivity contribution in [1.29, 1.82) is 0 Å². The number of benzene rings is 2. The molecule has 3 aromatic rings. The molecule has 3 N–H and O–H groups in total. The summed E-state index contributed by atoms with van der Waals surface area (Å²) in [6.07, 6.45) is 0.817. The predicted molar refractivity (Wildman–Crippen MR) is 122 cm³/mol. The lowest BCUT2D eigenvalue weighted by Gasteiger charge is -2.31. The fraction of sp³-hybridized carbons (Fsp3) is 0.391. The van der Waals surface area contributed by atoms with Crippen LogP contribution in [0.15, 0.2) is 46.9 Å². The summed E-state index contributed by atoms with van der Waals surface area (Å²) >= 11 is 3.50. The van der Waals surface area contributed by atoms with Gasteiger partial charge >= 0.3 is 0 Å². The first-order chi connectivity index (χ1) is 14.7. The van der Waals surface area contributed by atoms with Crippen LogP contribution in [0, 0.1) is 17.0 Å². The average molecular weight is 492 g/mol. The summed E-state index contributed by atoms with van der Waals surface area (Å²) in [6.45, 7) is 8.05. The standard InChI is InChI=1S/C23H28BrF2N5/c1-23(2,3)20(28-11-5-10-27)22-29-21(18-13-17(25)8-9-19(18)26)30-31(22)14-15-6-4-7-16(24)12-15/h4,6-9,12-13,20,28H,5,10-11,14,27H2,1-3H3/t20-/m0/s1. The lowest BCUT2D eigenvalue weighted by Crippen LogP contribution is -2.36. The normalized spacial score (nSPS) is 12.9. The van der Waals surface area contributed by atoms with Crippen LogP contribution in [0.5, 0.6) is 0 Å². The number of halogens is 3. The van der Waals surface area contributed by atoms with Crippen LogP contribution >= 0.6 is 15.9 Å². The van der Waals surface area contributed by atoms with Crippen LogP contribution in [0.4, 0.5) is 8.78 Å². The van der Waals surface area contributed by atoms with E-state index in [2.05, 4.69) is 52.1 Å². The third kappa shape index (κ3) is 5.96. The molecule has 166 valence electrons. The lowest BCUT2D eigenvalue weighted by molar-refractivity contribution is 0.254. The molecule has 1 aromatic heterocycles. The van der Waals surface area contributed by atoms with Gasteiger partial charge in [0, 0.05) is 4.47 Å². The summed E-state index contributed by atoms with van der Waals surface area (Å²) in [6, 6.07) is 11.0. The third-order valence-corrected chi connectivity index (χ3v) is 5.44. The summed E-state index contributed by atoms with van der Waals surface area (Å²) in [7, 11) is 0. The molecule has 0 saturated heterocycles. The van der Waals surface area contributed by atoms with Gasteiger partial charge in [0.1, 0.15) is 17.5 Å². The average Bonchev–Trinajstić information content (AvgIpc) is 3.09. The van der Waals surface area contributed by atoms with Gasteiger partial charge in [0.25, 0.3) is 0 Å². The highest BCUT2D eigenvalue weighted by Gasteiger charge is 2.31. The molecule has 5 nitrogen and oxygen atoms in total. The highest BCUT2D eigenvalue weighted by molar-refractivity contribution is 9.10.